The maximum absolute atomic E-state index is 12.6. The van der Waals surface area contributed by atoms with Gasteiger partial charge in [-0.3, -0.25) is 9.59 Å². The van der Waals surface area contributed by atoms with Gasteiger partial charge in [0.25, 0.3) is 0 Å². The number of carbonyl (C=O) groups excluding carboxylic acids is 2. The highest BCUT2D eigenvalue weighted by Crippen LogP contribution is 2.27. The van der Waals surface area contributed by atoms with Gasteiger partial charge in [-0.1, -0.05) is 72.8 Å². The van der Waals surface area contributed by atoms with Gasteiger partial charge in [0, 0.05) is 12.3 Å². The van der Waals surface area contributed by atoms with E-state index in [0.29, 0.717) is 11.4 Å². The molecule has 3 aromatic carbocycles. The second-order valence-corrected chi connectivity index (χ2v) is 6.60. The summed E-state index contributed by atoms with van der Waals surface area (Å²) in [6.45, 7) is -0.104. The lowest BCUT2D eigenvalue weighted by Gasteiger charge is -2.18. The van der Waals surface area contributed by atoms with Crippen molar-refractivity contribution in [3.8, 4) is 5.75 Å². The number of carbonyl (C=O) groups is 2. The Morgan fingerprint density at radius 2 is 1.34 bits per heavy atom. The SMILES string of the molecule is COc1ccccc1NC(=O)CNC(=O)CC(c1ccccc1)c1ccccc1. The number of hydrogen-bond acceptors (Lipinski definition) is 3. The van der Waals surface area contributed by atoms with E-state index in [-0.39, 0.29) is 30.7 Å². The van der Waals surface area contributed by atoms with Gasteiger partial charge in [-0.2, -0.15) is 0 Å². The minimum absolute atomic E-state index is 0.0744. The standard InChI is InChI=1S/C24H24N2O3/c1-29-22-15-9-8-14-21(22)26-24(28)17-25-23(27)16-20(18-10-4-2-5-11-18)19-12-6-3-7-13-19/h2-15,20H,16-17H2,1H3,(H,25,27)(H,26,28). The first-order valence-corrected chi connectivity index (χ1v) is 9.47. The number of para-hydroxylation sites is 2. The number of ether oxygens (including phenoxy) is 1. The Morgan fingerprint density at radius 3 is 1.93 bits per heavy atom. The van der Waals surface area contributed by atoms with E-state index in [1.165, 1.54) is 0 Å². The highest BCUT2D eigenvalue weighted by Gasteiger charge is 2.18. The zero-order chi connectivity index (χ0) is 20.5. The molecule has 0 fully saturated rings. The van der Waals surface area contributed by atoms with Crippen molar-refractivity contribution in [3.05, 3.63) is 96.1 Å². The molecule has 0 spiro atoms. The Hall–Kier alpha value is -3.60. The molecule has 2 N–H and O–H groups in total. The fraction of sp³-hybridized carbons (Fsp3) is 0.167. The summed E-state index contributed by atoms with van der Waals surface area (Å²) in [5.41, 5.74) is 2.69. The number of amides is 2. The number of methoxy groups -OCH3 is 1. The minimum atomic E-state index is -0.307. The molecular weight excluding hydrogens is 364 g/mol. The molecule has 29 heavy (non-hydrogen) atoms. The molecule has 0 unspecified atom stereocenters. The summed E-state index contributed by atoms with van der Waals surface area (Å²) in [5.74, 6) is 0.00628. The largest absolute Gasteiger partial charge is 0.495 e. The number of hydrogen-bond donors (Lipinski definition) is 2. The van der Waals surface area contributed by atoms with Gasteiger partial charge in [-0.05, 0) is 23.3 Å². The van der Waals surface area contributed by atoms with Crippen LogP contribution in [-0.4, -0.2) is 25.5 Å². The van der Waals surface area contributed by atoms with Crippen LogP contribution < -0.4 is 15.4 Å². The molecule has 3 aromatic rings. The molecule has 148 valence electrons. The Morgan fingerprint density at radius 1 is 0.793 bits per heavy atom. The summed E-state index contributed by atoms with van der Waals surface area (Å²) in [6.07, 6.45) is 0.260. The van der Waals surface area contributed by atoms with Gasteiger partial charge >= 0.3 is 0 Å². The van der Waals surface area contributed by atoms with E-state index >= 15 is 0 Å². The lowest BCUT2D eigenvalue weighted by molar-refractivity contribution is -0.124. The van der Waals surface area contributed by atoms with E-state index in [2.05, 4.69) is 10.6 Å². The summed E-state index contributed by atoms with van der Waals surface area (Å²) in [6, 6.07) is 26.9. The maximum Gasteiger partial charge on any atom is 0.243 e. The molecule has 0 heterocycles. The van der Waals surface area contributed by atoms with Gasteiger partial charge in [0.1, 0.15) is 5.75 Å². The van der Waals surface area contributed by atoms with Gasteiger partial charge in [0.15, 0.2) is 0 Å². The van der Waals surface area contributed by atoms with Crippen molar-refractivity contribution >= 4 is 17.5 Å². The zero-order valence-electron chi connectivity index (χ0n) is 16.3. The smallest absolute Gasteiger partial charge is 0.243 e. The van der Waals surface area contributed by atoms with Crippen molar-refractivity contribution in [2.24, 2.45) is 0 Å². The second kappa shape index (κ2) is 10.1. The third kappa shape index (κ3) is 5.69. The highest BCUT2D eigenvalue weighted by atomic mass is 16.5. The number of nitrogens with one attached hydrogen (secondary N) is 2. The van der Waals surface area contributed by atoms with Crippen LogP contribution in [0, 0.1) is 0 Å². The third-order valence-electron chi connectivity index (χ3n) is 4.62. The summed E-state index contributed by atoms with van der Waals surface area (Å²) in [4.78, 5) is 24.8. The molecular formula is C24H24N2O3. The molecule has 0 radical (unpaired) electrons. The molecule has 0 aromatic heterocycles. The van der Waals surface area contributed by atoms with E-state index in [0.717, 1.165) is 11.1 Å². The van der Waals surface area contributed by atoms with Crippen molar-refractivity contribution < 1.29 is 14.3 Å². The van der Waals surface area contributed by atoms with Crippen LogP contribution in [0.1, 0.15) is 23.5 Å². The van der Waals surface area contributed by atoms with Crippen LogP contribution in [0.2, 0.25) is 0 Å². The summed E-state index contributed by atoms with van der Waals surface area (Å²) < 4.78 is 5.22. The predicted molar refractivity (Wildman–Crippen MR) is 114 cm³/mol. The van der Waals surface area contributed by atoms with Crippen LogP contribution in [0.3, 0.4) is 0 Å². The van der Waals surface area contributed by atoms with E-state index < -0.39 is 0 Å². The Kier molecular flexibility index (Phi) is 7.00. The van der Waals surface area contributed by atoms with Crippen molar-refractivity contribution in [1.82, 2.24) is 5.32 Å². The van der Waals surface area contributed by atoms with Crippen molar-refractivity contribution in [3.63, 3.8) is 0 Å². The lowest BCUT2D eigenvalue weighted by Crippen LogP contribution is -2.33. The summed E-state index contributed by atoms with van der Waals surface area (Å²) in [5, 5.41) is 5.47. The summed E-state index contributed by atoms with van der Waals surface area (Å²) in [7, 11) is 1.54. The predicted octanol–water partition coefficient (Wildman–Crippen LogP) is 3.97. The van der Waals surface area contributed by atoms with Crippen LogP contribution >= 0.6 is 0 Å². The van der Waals surface area contributed by atoms with E-state index in [9.17, 15) is 9.59 Å². The average molecular weight is 388 g/mol. The normalized spacial score (nSPS) is 10.4. The molecule has 3 rings (SSSR count). The average Bonchev–Trinajstić information content (AvgIpc) is 2.77. The van der Waals surface area contributed by atoms with Crippen LogP contribution in [0.5, 0.6) is 5.75 Å². The fourth-order valence-electron chi connectivity index (χ4n) is 3.18. The van der Waals surface area contributed by atoms with Crippen molar-refractivity contribution in [2.45, 2.75) is 12.3 Å². The molecule has 0 aliphatic carbocycles. The van der Waals surface area contributed by atoms with Crippen LogP contribution in [0.15, 0.2) is 84.9 Å². The first-order chi connectivity index (χ1) is 14.2. The van der Waals surface area contributed by atoms with Gasteiger partial charge in [-0.15, -0.1) is 0 Å². The Labute approximate surface area is 170 Å². The zero-order valence-corrected chi connectivity index (χ0v) is 16.3. The first kappa shape index (κ1) is 20.1. The third-order valence-corrected chi connectivity index (χ3v) is 4.62. The van der Waals surface area contributed by atoms with Crippen molar-refractivity contribution in [1.29, 1.82) is 0 Å². The van der Waals surface area contributed by atoms with Crippen LogP contribution in [-0.2, 0) is 9.59 Å². The molecule has 0 aliphatic heterocycles. The highest BCUT2D eigenvalue weighted by molar-refractivity contribution is 5.95. The van der Waals surface area contributed by atoms with E-state index in [1.54, 1.807) is 25.3 Å². The molecule has 0 saturated carbocycles. The topological polar surface area (TPSA) is 67.4 Å². The van der Waals surface area contributed by atoms with Gasteiger partial charge in [-0.25, -0.2) is 0 Å². The summed E-state index contributed by atoms with van der Waals surface area (Å²) >= 11 is 0. The van der Waals surface area contributed by atoms with Crippen LogP contribution in [0.25, 0.3) is 0 Å². The van der Waals surface area contributed by atoms with Gasteiger partial charge < -0.3 is 15.4 Å². The fourth-order valence-corrected chi connectivity index (χ4v) is 3.18. The molecule has 0 atom stereocenters. The molecule has 0 aliphatic rings. The first-order valence-electron chi connectivity index (χ1n) is 9.47. The molecule has 0 saturated heterocycles. The maximum atomic E-state index is 12.6. The number of anilines is 1. The number of benzene rings is 3. The number of rotatable bonds is 8. The molecule has 5 heteroatoms. The van der Waals surface area contributed by atoms with Crippen molar-refractivity contribution in [2.75, 3.05) is 19.0 Å². The Bertz CT molecular complexity index is 903. The van der Waals surface area contributed by atoms with Gasteiger partial charge in [0.2, 0.25) is 11.8 Å². The Balaban J connectivity index is 1.61. The molecule has 2 amide bonds. The van der Waals surface area contributed by atoms with E-state index in [4.69, 9.17) is 4.74 Å². The lowest BCUT2D eigenvalue weighted by atomic mass is 9.88. The second-order valence-electron chi connectivity index (χ2n) is 6.60. The van der Waals surface area contributed by atoms with Gasteiger partial charge in [0.05, 0.1) is 19.3 Å². The monoisotopic (exact) mass is 388 g/mol. The minimum Gasteiger partial charge on any atom is -0.495 e. The molecule has 5 nitrogen and oxygen atoms in total. The van der Waals surface area contributed by atoms with E-state index in [1.807, 2.05) is 66.7 Å². The quantitative estimate of drug-likeness (QED) is 0.614. The van der Waals surface area contributed by atoms with Crippen LogP contribution in [0.4, 0.5) is 5.69 Å². The molecule has 0 bridgehead atoms.